The fraction of sp³-hybridized carbons (Fsp3) is 0.231. The standard InChI is InChI=1S/C26H26N4O5S/c1-15(24(33)30-28-14-16-6-10-18(31)11-7-16)35-19-12-8-17(9-13-19)25(34)29-26-22(23(27)32)20-4-2-3-5-21(20)36-26/h6-15,31H,2-5H2,1H3,(H2,27,32)(H,29,34)(H,30,33). The Bertz CT molecular complexity index is 1300. The number of rotatable bonds is 8. The van der Waals surface area contributed by atoms with Gasteiger partial charge in [0.1, 0.15) is 16.5 Å². The Morgan fingerprint density at radius 2 is 1.78 bits per heavy atom. The molecule has 0 saturated carbocycles. The van der Waals surface area contributed by atoms with Crippen molar-refractivity contribution in [3.63, 3.8) is 0 Å². The Balaban J connectivity index is 1.34. The molecule has 0 radical (unpaired) electrons. The van der Waals surface area contributed by atoms with Crippen LogP contribution in [0.4, 0.5) is 5.00 Å². The minimum atomic E-state index is -0.836. The average Bonchev–Trinajstić information content (AvgIpc) is 3.23. The second kappa shape index (κ2) is 11.0. The molecule has 1 unspecified atom stereocenters. The molecule has 0 spiro atoms. The van der Waals surface area contributed by atoms with E-state index in [1.165, 1.54) is 29.7 Å². The zero-order valence-corrected chi connectivity index (χ0v) is 20.4. The summed E-state index contributed by atoms with van der Waals surface area (Å²) in [6.07, 6.45) is 4.35. The summed E-state index contributed by atoms with van der Waals surface area (Å²) in [4.78, 5) is 38.2. The highest BCUT2D eigenvalue weighted by Crippen LogP contribution is 2.38. The fourth-order valence-corrected chi connectivity index (χ4v) is 5.14. The number of benzene rings is 2. The molecule has 1 atom stereocenters. The summed E-state index contributed by atoms with van der Waals surface area (Å²) >= 11 is 1.41. The molecule has 1 aliphatic rings. The number of thiophene rings is 1. The normalized spacial score (nSPS) is 13.6. The van der Waals surface area contributed by atoms with Crippen molar-refractivity contribution in [2.45, 2.75) is 38.7 Å². The average molecular weight is 507 g/mol. The number of nitrogens with one attached hydrogen (secondary N) is 2. The maximum atomic E-state index is 12.8. The van der Waals surface area contributed by atoms with E-state index < -0.39 is 17.9 Å². The number of fused-ring (bicyclic) bond motifs is 1. The Kier molecular flexibility index (Phi) is 7.65. The quantitative estimate of drug-likeness (QED) is 0.273. The second-order valence-electron chi connectivity index (χ2n) is 8.34. The van der Waals surface area contributed by atoms with Gasteiger partial charge in [0, 0.05) is 10.4 Å². The van der Waals surface area contributed by atoms with Crippen LogP contribution in [-0.2, 0) is 17.6 Å². The molecule has 186 valence electrons. The molecule has 0 aliphatic heterocycles. The van der Waals surface area contributed by atoms with Crippen molar-refractivity contribution >= 4 is 40.3 Å². The monoisotopic (exact) mass is 506 g/mol. The predicted molar refractivity (Wildman–Crippen MR) is 138 cm³/mol. The highest BCUT2D eigenvalue weighted by molar-refractivity contribution is 7.17. The van der Waals surface area contributed by atoms with Crippen LogP contribution in [0.15, 0.2) is 53.6 Å². The van der Waals surface area contributed by atoms with Crippen molar-refractivity contribution in [3.05, 3.63) is 75.7 Å². The zero-order valence-electron chi connectivity index (χ0n) is 19.6. The van der Waals surface area contributed by atoms with E-state index in [9.17, 15) is 19.5 Å². The van der Waals surface area contributed by atoms with E-state index >= 15 is 0 Å². The van der Waals surface area contributed by atoms with Crippen LogP contribution in [0, 0.1) is 0 Å². The number of hydrogen-bond acceptors (Lipinski definition) is 7. The first kappa shape index (κ1) is 24.9. The first-order valence-corrected chi connectivity index (χ1v) is 12.3. The maximum absolute atomic E-state index is 12.8. The number of hydrazone groups is 1. The van der Waals surface area contributed by atoms with E-state index in [1.54, 1.807) is 43.3 Å². The SMILES string of the molecule is CC(Oc1ccc(C(=O)Nc2sc3c(c2C(N)=O)CCCC3)cc1)C(=O)NN=Cc1ccc(O)cc1. The summed E-state index contributed by atoms with van der Waals surface area (Å²) in [6, 6.07) is 12.7. The van der Waals surface area contributed by atoms with Gasteiger partial charge in [0.2, 0.25) is 0 Å². The number of amides is 3. The number of ether oxygens (including phenoxy) is 1. The fourth-order valence-electron chi connectivity index (χ4n) is 3.85. The summed E-state index contributed by atoms with van der Waals surface area (Å²) in [7, 11) is 0. The molecular formula is C26H26N4O5S. The van der Waals surface area contributed by atoms with Crippen molar-refractivity contribution in [1.29, 1.82) is 0 Å². The molecule has 1 aliphatic carbocycles. The minimum absolute atomic E-state index is 0.141. The van der Waals surface area contributed by atoms with Crippen LogP contribution in [0.5, 0.6) is 11.5 Å². The lowest BCUT2D eigenvalue weighted by Gasteiger charge is -2.13. The summed E-state index contributed by atoms with van der Waals surface area (Å²) in [6.45, 7) is 1.58. The number of hydrogen-bond donors (Lipinski definition) is 4. The largest absolute Gasteiger partial charge is 0.508 e. The lowest BCUT2D eigenvalue weighted by atomic mass is 9.95. The van der Waals surface area contributed by atoms with Crippen LogP contribution < -0.4 is 21.2 Å². The van der Waals surface area contributed by atoms with Gasteiger partial charge in [-0.25, -0.2) is 5.43 Å². The van der Waals surface area contributed by atoms with Crippen molar-refractivity contribution in [3.8, 4) is 11.5 Å². The van der Waals surface area contributed by atoms with E-state index in [-0.39, 0.29) is 11.7 Å². The third-order valence-corrected chi connectivity index (χ3v) is 6.93. The van der Waals surface area contributed by atoms with Crippen LogP contribution in [0.1, 0.15) is 56.5 Å². The molecule has 1 heterocycles. The molecule has 9 nitrogen and oxygen atoms in total. The molecule has 36 heavy (non-hydrogen) atoms. The van der Waals surface area contributed by atoms with E-state index in [0.717, 1.165) is 36.1 Å². The Morgan fingerprint density at radius 3 is 2.47 bits per heavy atom. The number of carbonyl (C=O) groups excluding carboxylic acids is 3. The van der Waals surface area contributed by atoms with Crippen LogP contribution in [-0.4, -0.2) is 35.1 Å². The Morgan fingerprint density at radius 1 is 1.08 bits per heavy atom. The number of primary amides is 1. The van der Waals surface area contributed by atoms with E-state index in [4.69, 9.17) is 10.5 Å². The maximum Gasteiger partial charge on any atom is 0.280 e. The lowest BCUT2D eigenvalue weighted by molar-refractivity contribution is -0.127. The number of aromatic hydroxyl groups is 1. The molecule has 3 aromatic rings. The Labute approximate surface area is 212 Å². The van der Waals surface area contributed by atoms with Gasteiger partial charge in [0.15, 0.2) is 6.10 Å². The Hall–Kier alpha value is -4.18. The number of nitrogens with zero attached hydrogens (tertiary/aromatic N) is 1. The van der Waals surface area contributed by atoms with Crippen molar-refractivity contribution in [2.75, 3.05) is 5.32 Å². The number of phenols is 1. The smallest absolute Gasteiger partial charge is 0.280 e. The van der Waals surface area contributed by atoms with Gasteiger partial charge in [-0.2, -0.15) is 5.10 Å². The highest BCUT2D eigenvalue weighted by atomic mass is 32.1. The van der Waals surface area contributed by atoms with Gasteiger partial charge < -0.3 is 20.9 Å². The summed E-state index contributed by atoms with van der Waals surface area (Å²) in [5.41, 5.74) is 10.5. The van der Waals surface area contributed by atoms with Gasteiger partial charge in [-0.3, -0.25) is 14.4 Å². The van der Waals surface area contributed by atoms with Gasteiger partial charge in [-0.05, 0) is 92.3 Å². The first-order chi connectivity index (χ1) is 17.3. The molecule has 4 rings (SSSR count). The van der Waals surface area contributed by atoms with Gasteiger partial charge in [-0.1, -0.05) is 0 Å². The molecule has 3 amide bonds. The minimum Gasteiger partial charge on any atom is -0.508 e. The zero-order chi connectivity index (χ0) is 25.7. The third-order valence-electron chi connectivity index (χ3n) is 5.72. The third kappa shape index (κ3) is 5.89. The highest BCUT2D eigenvalue weighted by Gasteiger charge is 2.25. The molecule has 2 aromatic carbocycles. The van der Waals surface area contributed by atoms with E-state index in [0.29, 0.717) is 27.4 Å². The number of carbonyl (C=O) groups is 3. The van der Waals surface area contributed by atoms with Crippen LogP contribution in [0.3, 0.4) is 0 Å². The van der Waals surface area contributed by atoms with Crippen LogP contribution in [0.2, 0.25) is 0 Å². The molecule has 0 fully saturated rings. The molecule has 1 aromatic heterocycles. The number of anilines is 1. The molecule has 0 saturated heterocycles. The second-order valence-corrected chi connectivity index (χ2v) is 9.45. The predicted octanol–water partition coefficient (Wildman–Crippen LogP) is 3.60. The van der Waals surface area contributed by atoms with E-state index in [2.05, 4.69) is 15.8 Å². The molecule has 5 N–H and O–H groups in total. The topological polar surface area (TPSA) is 143 Å². The van der Waals surface area contributed by atoms with Crippen LogP contribution >= 0.6 is 11.3 Å². The number of nitrogens with two attached hydrogens (primary N) is 1. The number of phenolic OH excluding ortho intramolecular Hbond substituents is 1. The van der Waals surface area contributed by atoms with Crippen molar-refractivity contribution < 1.29 is 24.2 Å². The number of aryl methyl sites for hydroxylation is 1. The summed E-state index contributed by atoms with van der Waals surface area (Å²) in [5.74, 6) is -0.805. The van der Waals surface area contributed by atoms with Gasteiger partial charge >= 0.3 is 0 Å². The summed E-state index contributed by atoms with van der Waals surface area (Å²) < 4.78 is 5.64. The van der Waals surface area contributed by atoms with E-state index in [1.807, 2.05) is 0 Å². The summed E-state index contributed by atoms with van der Waals surface area (Å²) in [5, 5.41) is 16.5. The molecule has 10 heteroatoms. The lowest BCUT2D eigenvalue weighted by Crippen LogP contribution is -2.33. The molecule has 0 bridgehead atoms. The van der Waals surface area contributed by atoms with Crippen molar-refractivity contribution in [1.82, 2.24) is 5.43 Å². The first-order valence-electron chi connectivity index (χ1n) is 11.5. The molecular weight excluding hydrogens is 480 g/mol. The van der Waals surface area contributed by atoms with Crippen LogP contribution in [0.25, 0.3) is 0 Å². The van der Waals surface area contributed by atoms with Gasteiger partial charge in [0.25, 0.3) is 17.7 Å². The van der Waals surface area contributed by atoms with Gasteiger partial charge in [0.05, 0.1) is 11.8 Å². The van der Waals surface area contributed by atoms with Gasteiger partial charge in [-0.15, -0.1) is 11.3 Å². The van der Waals surface area contributed by atoms with Crippen molar-refractivity contribution in [2.24, 2.45) is 10.8 Å².